The molecule has 2 rings (SSSR count). The van der Waals surface area contributed by atoms with Gasteiger partial charge < -0.3 is 4.18 Å². The zero-order valence-electron chi connectivity index (χ0n) is 7.63. The Labute approximate surface area is 79.5 Å². The van der Waals surface area contributed by atoms with E-state index in [1.165, 1.54) is 50.7 Å². The summed E-state index contributed by atoms with van der Waals surface area (Å²) in [5, 5.41) is 0. The van der Waals surface area contributed by atoms with Crippen molar-refractivity contribution in [2.75, 3.05) is 5.75 Å². The van der Waals surface area contributed by atoms with Crippen LogP contribution < -0.4 is 0 Å². The van der Waals surface area contributed by atoms with Crippen LogP contribution in [0.4, 0.5) is 0 Å². The Morgan fingerprint density at radius 3 is 2.42 bits per heavy atom. The molecule has 2 heteroatoms. The summed E-state index contributed by atoms with van der Waals surface area (Å²) in [6.07, 6.45) is 10.5. The van der Waals surface area contributed by atoms with Crippen molar-refractivity contribution in [3.05, 3.63) is 0 Å². The van der Waals surface area contributed by atoms with Crippen molar-refractivity contribution in [1.29, 1.82) is 0 Å². The van der Waals surface area contributed by atoms with E-state index < -0.39 is 0 Å². The molecular weight excluding hydrogens is 168 g/mol. The van der Waals surface area contributed by atoms with E-state index in [0.717, 1.165) is 5.92 Å². The monoisotopic (exact) mass is 186 g/mol. The fourth-order valence-corrected chi connectivity index (χ4v) is 3.16. The van der Waals surface area contributed by atoms with Gasteiger partial charge in [0.2, 0.25) is 0 Å². The van der Waals surface area contributed by atoms with Crippen LogP contribution in [0.2, 0.25) is 0 Å². The molecular formula is C10H18OS. The van der Waals surface area contributed by atoms with Crippen molar-refractivity contribution in [1.82, 2.24) is 0 Å². The van der Waals surface area contributed by atoms with E-state index in [-0.39, 0.29) is 0 Å². The van der Waals surface area contributed by atoms with Gasteiger partial charge in [-0.3, -0.25) is 0 Å². The Hall–Kier alpha value is 0.310. The standard InChI is InChI=1S/C10H18OS/c1-2-5-9(6-3-1)10-7-4-8-12-11-10/h9-10H,1-8H2. The van der Waals surface area contributed by atoms with Gasteiger partial charge in [0.05, 0.1) is 6.10 Å². The van der Waals surface area contributed by atoms with Gasteiger partial charge in [0.15, 0.2) is 0 Å². The maximum Gasteiger partial charge on any atom is 0.0750 e. The van der Waals surface area contributed by atoms with Gasteiger partial charge in [0.1, 0.15) is 0 Å². The lowest BCUT2D eigenvalue weighted by Crippen LogP contribution is -2.26. The molecule has 1 saturated heterocycles. The molecule has 1 unspecified atom stereocenters. The number of hydrogen-bond acceptors (Lipinski definition) is 2. The van der Waals surface area contributed by atoms with Crippen LogP contribution in [-0.2, 0) is 4.18 Å². The first-order valence-electron chi connectivity index (χ1n) is 5.25. The summed E-state index contributed by atoms with van der Waals surface area (Å²) in [5.74, 6) is 2.11. The van der Waals surface area contributed by atoms with E-state index in [2.05, 4.69) is 0 Å². The fraction of sp³-hybridized carbons (Fsp3) is 1.00. The van der Waals surface area contributed by atoms with Crippen molar-refractivity contribution >= 4 is 12.0 Å². The average Bonchev–Trinajstić information content (AvgIpc) is 2.21. The highest BCUT2D eigenvalue weighted by molar-refractivity contribution is 7.94. The van der Waals surface area contributed by atoms with Gasteiger partial charge in [0.25, 0.3) is 0 Å². The molecule has 1 heterocycles. The molecule has 70 valence electrons. The van der Waals surface area contributed by atoms with Crippen LogP contribution in [0.15, 0.2) is 0 Å². The third-order valence-corrected chi connectivity index (χ3v) is 3.92. The second kappa shape index (κ2) is 4.52. The topological polar surface area (TPSA) is 9.23 Å². The molecule has 2 fully saturated rings. The molecule has 0 aromatic rings. The van der Waals surface area contributed by atoms with Crippen molar-refractivity contribution in [3.63, 3.8) is 0 Å². The molecule has 12 heavy (non-hydrogen) atoms. The smallest absolute Gasteiger partial charge is 0.0750 e. The third-order valence-electron chi connectivity index (χ3n) is 3.08. The molecule has 1 aliphatic heterocycles. The largest absolute Gasteiger partial charge is 0.312 e. The minimum Gasteiger partial charge on any atom is -0.312 e. The fourth-order valence-electron chi connectivity index (χ4n) is 2.35. The minimum atomic E-state index is 0.601. The molecule has 0 N–H and O–H groups in total. The Bertz CT molecular complexity index is 110. The predicted octanol–water partition coefficient (Wildman–Crippen LogP) is 3.39. The highest BCUT2D eigenvalue weighted by Gasteiger charge is 2.26. The van der Waals surface area contributed by atoms with Crippen LogP contribution in [0.25, 0.3) is 0 Å². The zero-order valence-corrected chi connectivity index (χ0v) is 8.44. The van der Waals surface area contributed by atoms with Gasteiger partial charge in [-0.25, -0.2) is 0 Å². The van der Waals surface area contributed by atoms with Gasteiger partial charge >= 0.3 is 0 Å². The van der Waals surface area contributed by atoms with Crippen LogP contribution >= 0.6 is 12.0 Å². The molecule has 0 radical (unpaired) electrons. The second-order valence-electron chi connectivity index (χ2n) is 4.00. The van der Waals surface area contributed by atoms with Crippen LogP contribution in [-0.4, -0.2) is 11.9 Å². The maximum atomic E-state index is 5.73. The van der Waals surface area contributed by atoms with Crippen LogP contribution in [0.5, 0.6) is 0 Å². The lowest BCUT2D eigenvalue weighted by atomic mass is 9.84. The second-order valence-corrected chi connectivity index (χ2v) is 4.83. The van der Waals surface area contributed by atoms with Crippen LogP contribution in [0, 0.1) is 5.92 Å². The first-order valence-corrected chi connectivity index (χ1v) is 6.16. The first kappa shape index (κ1) is 8.89. The van der Waals surface area contributed by atoms with Gasteiger partial charge in [0, 0.05) is 5.75 Å². The Morgan fingerprint density at radius 2 is 1.75 bits per heavy atom. The van der Waals surface area contributed by atoms with E-state index in [4.69, 9.17) is 4.18 Å². The molecule has 0 aromatic carbocycles. The molecule has 1 atom stereocenters. The first-order chi connectivity index (χ1) is 5.97. The Balaban J connectivity index is 1.80. The van der Waals surface area contributed by atoms with Gasteiger partial charge in [-0.1, -0.05) is 19.3 Å². The number of rotatable bonds is 1. The SMILES string of the molecule is C1CCC(C2CCCSO2)CC1. The predicted molar refractivity (Wildman–Crippen MR) is 53.1 cm³/mol. The lowest BCUT2D eigenvalue weighted by Gasteiger charge is -2.31. The number of hydrogen-bond donors (Lipinski definition) is 0. The lowest BCUT2D eigenvalue weighted by molar-refractivity contribution is 0.113. The third kappa shape index (κ3) is 2.17. The highest BCUT2D eigenvalue weighted by Crippen LogP contribution is 2.34. The molecule has 2 aliphatic rings. The summed E-state index contributed by atoms with van der Waals surface area (Å²) >= 11 is 1.70. The minimum absolute atomic E-state index is 0.601. The summed E-state index contributed by atoms with van der Waals surface area (Å²) in [5.41, 5.74) is 0. The van der Waals surface area contributed by atoms with E-state index >= 15 is 0 Å². The summed E-state index contributed by atoms with van der Waals surface area (Å²) in [7, 11) is 0. The molecule has 1 saturated carbocycles. The van der Waals surface area contributed by atoms with E-state index in [0.29, 0.717) is 6.10 Å². The van der Waals surface area contributed by atoms with E-state index in [9.17, 15) is 0 Å². The van der Waals surface area contributed by atoms with Crippen molar-refractivity contribution in [2.24, 2.45) is 5.92 Å². The zero-order chi connectivity index (χ0) is 8.23. The molecule has 1 aliphatic carbocycles. The molecule has 0 bridgehead atoms. The Kier molecular flexibility index (Phi) is 3.35. The van der Waals surface area contributed by atoms with E-state index in [1.54, 1.807) is 12.0 Å². The van der Waals surface area contributed by atoms with Gasteiger partial charge in [-0.2, -0.15) is 0 Å². The summed E-state index contributed by atoms with van der Waals surface area (Å²) in [6.45, 7) is 0. The molecule has 0 amide bonds. The quantitative estimate of drug-likeness (QED) is 0.580. The van der Waals surface area contributed by atoms with Gasteiger partial charge in [-0.05, 0) is 43.6 Å². The highest BCUT2D eigenvalue weighted by atomic mass is 32.2. The maximum absolute atomic E-state index is 5.73. The van der Waals surface area contributed by atoms with Gasteiger partial charge in [-0.15, -0.1) is 0 Å². The summed E-state index contributed by atoms with van der Waals surface area (Å²) in [6, 6.07) is 0. The van der Waals surface area contributed by atoms with Crippen LogP contribution in [0.1, 0.15) is 44.9 Å². The van der Waals surface area contributed by atoms with E-state index in [1.807, 2.05) is 0 Å². The normalized spacial score (nSPS) is 33.5. The van der Waals surface area contributed by atoms with Crippen molar-refractivity contribution < 1.29 is 4.18 Å². The van der Waals surface area contributed by atoms with Crippen LogP contribution in [0.3, 0.4) is 0 Å². The molecule has 0 aromatic heterocycles. The Morgan fingerprint density at radius 1 is 0.917 bits per heavy atom. The molecule has 1 nitrogen and oxygen atoms in total. The van der Waals surface area contributed by atoms with Crippen molar-refractivity contribution in [3.8, 4) is 0 Å². The summed E-state index contributed by atoms with van der Waals surface area (Å²) < 4.78 is 5.73. The average molecular weight is 186 g/mol. The molecule has 0 spiro atoms. The summed E-state index contributed by atoms with van der Waals surface area (Å²) in [4.78, 5) is 0. The van der Waals surface area contributed by atoms with Crippen molar-refractivity contribution in [2.45, 2.75) is 51.0 Å².